The number of benzene rings is 3. The summed E-state index contributed by atoms with van der Waals surface area (Å²) >= 11 is 0. The van der Waals surface area contributed by atoms with E-state index >= 15 is 0 Å². The molecule has 190 valence electrons. The number of carbonyl (C=O) groups is 1. The first kappa shape index (κ1) is 25.7. The summed E-state index contributed by atoms with van der Waals surface area (Å²) in [6.45, 7) is 2.06. The van der Waals surface area contributed by atoms with Crippen LogP contribution in [0.25, 0.3) is 0 Å². The molecule has 1 aliphatic heterocycles. The molecule has 0 saturated heterocycles. The Kier molecular flexibility index (Phi) is 7.96. The summed E-state index contributed by atoms with van der Waals surface area (Å²) in [5, 5.41) is 3.06. The number of sulfonamides is 1. The number of aryl methyl sites for hydroxylation is 1. The van der Waals surface area contributed by atoms with Crippen molar-refractivity contribution in [3.8, 4) is 11.5 Å². The fourth-order valence-electron chi connectivity index (χ4n) is 4.53. The Balaban J connectivity index is 1.59. The molecule has 1 aliphatic rings. The highest BCUT2D eigenvalue weighted by molar-refractivity contribution is 7.89. The van der Waals surface area contributed by atoms with E-state index in [1.54, 1.807) is 6.07 Å². The molecule has 0 fully saturated rings. The van der Waals surface area contributed by atoms with Gasteiger partial charge in [-0.3, -0.25) is 4.79 Å². The Morgan fingerprint density at radius 2 is 1.64 bits per heavy atom. The van der Waals surface area contributed by atoms with Gasteiger partial charge in [0.2, 0.25) is 15.9 Å². The molecule has 0 aromatic heterocycles. The lowest BCUT2D eigenvalue weighted by Gasteiger charge is -2.35. The minimum atomic E-state index is -4.01. The summed E-state index contributed by atoms with van der Waals surface area (Å²) in [5.41, 5.74) is 3.07. The molecule has 1 N–H and O–H groups in total. The molecule has 0 bridgehead atoms. The Morgan fingerprint density at radius 3 is 2.33 bits per heavy atom. The summed E-state index contributed by atoms with van der Waals surface area (Å²) in [7, 11) is -1.06. The number of rotatable bonds is 9. The van der Waals surface area contributed by atoms with E-state index in [-0.39, 0.29) is 23.4 Å². The minimum Gasteiger partial charge on any atom is -0.493 e. The molecular formula is C28H32N2O5S. The van der Waals surface area contributed by atoms with Crippen LogP contribution in [0.3, 0.4) is 0 Å². The number of amides is 1. The monoisotopic (exact) mass is 508 g/mol. The lowest BCUT2D eigenvalue weighted by atomic mass is 9.95. The van der Waals surface area contributed by atoms with E-state index in [0.29, 0.717) is 17.9 Å². The summed E-state index contributed by atoms with van der Waals surface area (Å²) in [6, 6.07) is 21.2. The molecule has 0 spiro atoms. The third-order valence-corrected chi connectivity index (χ3v) is 8.42. The van der Waals surface area contributed by atoms with Crippen molar-refractivity contribution < 1.29 is 22.7 Å². The Hall–Kier alpha value is -3.36. The van der Waals surface area contributed by atoms with Gasteiger partial charge in [-0.25, -0.2) is 8.42 Å². The standard InChI is InChI=1S/C28H32N2O5S/c1-20(13-14-21-9-5-4-6-10-21)29-28(31)25-17-22-11-7-8-12-23(22)19-30(25)36(32,33)24-15-16-26(34-2)27(18-24)35-3/h4-12,15-16,18,20,25H,13-14,17,19H2,1-3H3,(H,29,31). The highest BCUT2D eigenvalue weighted by atomic mass is 32.2. The van der Waals surface area contributed by atoms with Gasteiger partial charge in [0.25, 0.3) is 0 Å². The molecule has 3 aromatic carbocycles. The first-order chi connectivity index (χ1) is 17.3. The fraction of sp³-hybridized carbons (Fsp3) is 0.321. The number of nitrogens with zero attached hydrogens (tertiary/aromatic N) is 1. The molecule has 0 aliphatic carbocycles. The third kappa shape index (κ3) is 5.55. The molecule has 0 radical (unpaired) electrons. The van der Waals surface area contributed by atoms with Crippen molar-refractivity contribution in [2.45, 2.75) is 49.7 Å². The van der Waals surface area contributed by atoms with Gasteiger partial charge in [0.05, 0.1) is 19.1 Å². The van der Waals surface area contributed by atoms with Crippen molar-refractivity contribution >= 4 is 15.9 Å². The van der Waals surface area contributed by atoms with Gasteiger partial charge in [0, 0.05) is 18.7 Å². The van der Waals surface area contributed by atoms with E-state index in [1.165, 1.54) is 36.2 Å². The van der Waals surface area contributed by atoms with Crippen LogP contribution in [0.2, 0.25) is 0 Å². The minimum absolute atomic E-state index is 0.0504. The third-order valence-electron chi connectivity index (χ3n) is 6.57. The van der Waals surface area contributed by atoms with Gasteiger partial charge in [0.15, 0.2) is 11.5 Å². The Bertz CT molecular complexity index is 1310. The van der Waals surface area contributed by atoms with Crippen LogP contribution in [0.1, 0.15) is 30.0 Å². The second-order valence-corrected chi connectivity index (χ2v) is 10.9. The predicted molar refractivity (Wildman–Crippen MR) is 139 cm³/mol. The maximum Gasteiger partial charge on any atom is 0.244 e. The van der Waals surface area contributed by atoms with Gasteiger partial charge in [-0.1, -0.05) is 54.6 Å². The largest absolute Gasteiger partial charge is 0.493 e. The molecule has 1 amide bonds. The second-order valence-electron chi connectivity index (χ2n) is 8.99. The van der Waals surface area contributed by atoms with Gasteiger partial charge in [-0.15, -0.1) is 0 Å². The summed E-state index contributed by atoms with van der Waals surface area (Å²) in [4.78, 5) is 13.5. The predicted octanol–water partition coefficient (Wildman–Crippen LogP) is 3.96. The molecule has 2 unspecified atom stereocenters. The Morgan fingerprint density at radius 1 is 0.972 bits per heavy atom. The smallest absolute Gasteiger partial charge is 0.244 e. The van der Waals surface area contributed by atoms with Crippen LogP contribution in [0.15, 0.2) is 77.7 Å². The molecule has 36 heavy (non-hydrogen) atoms. The zero-order valence-electron chi connectivity index (χ0n) is 20.8. The SMILES string of the molecule is COc1ccc(S(=O)(=O)N2Cc3ccccc3CC2C(=O)NC(C)CCc2ccccc2)cc1OC. The van der Waals surface area contributed by atoms with Crippen molar-refractivity contribution in [3.05, 3.63) is 89.5 Å². The van der Waals surface area contributed by atoms with E-state index in [2.05, 4.69) is 17.4 Å². The summed E-state index contributed by atoms with van der Waals surface area (Å²) in [5.74, 6) is 0.447. The average molecular weight is 509 g/mol. The van der Waals surface area contributed by atoms with Gasteiger partial charge in [-0.2, -0.15) is 4.31 Å². The zero-order valence-corrected chi connectivity index (χ0v) is 21.6. The molecule has 1 heterocycles. The first-order valence-electron chi connectivity index (χ1n) is 12.0. The number of carbonyl (C=O) groups excluding carboxylic acids is 1. The van der Waals surface area contributed by atoms with Crippen molar-refractivity contribution in [2.75, 3.05) is 14.2 Å². The Labute approximate surface area is 213 Å². The maximum atomic E-state index is 13.8. The number of nitrogens with one attached hydrogen (secondary N) is 1. The van der Waals surface area contributed by atoms with Crippen molar-refractivity contribution in [1.82, 2.24) is 9.62 Å². The van der Waals surface area contributed by atoms with Gasteiger partial charge >= 0.3 is 0 Å². The van der Waals surface area contributed by atoms with Crippen molar-refractivity contribution in [2.24, 2.45) is 0 Å². The molecule has 2 atom stereocenters. The molecule has 4 rings (SSSR count). The van der Waals surface area contributed by atoms with Crippen LogP contribution in [0.4, 0.5) is 0 Å². The van der Waals surface area contributed by atoms with Crippen molar-refractivity contribution in [1.29, 1.82) is 0 Å². The molecule has 7 nitrogen and oxygen atoms in total. The number of methoxy groups -OCH3 is 2. The van der Waals surface area contributed by atoms with Gasteiger partial charge < -0.3 is 14.8 Å². The van der Waals surface area contributed by atoms with Crippen LogP contribution < -0.4 is 14.8 Å². The highest BCUT2D eigenvalue weighted by Gasteiger charge is 2.40. The average Bonchev–Trinajstić information content (AvgIpc) is 2.91. The molecule has 0 saturated carbocycles. The van der Waals surface area contributed by atoms with E-state index in [9.17, 15) is 13.2 Å². The maximum absolute atomic E-state index is 13.8. The van der Waals surface area contributed by atoms with Crippen LogP contribution in [-0.2, 0) is 34.2 Å². The van der Waals surface area contributed by atoms with Crippen LogP contribution in [0, 0.1) is 0 Å². The lowest BCUT2D eigenvalue weighted by Crippen LogP contribution is -2.53. The normalized spacial score (nSPS) is 16.6. The zero-order chi connectivity index (χ0) is 25.7. The number of hydrogen-bond donors (Lipinski definition) is 1. The van der Waals surface area contributed by atoms with Crippen LogP contribution in [0.5, 0.6) is 11.5 Å². The van der Waals surface area contributed by atoms with Crippen LogP contribution >= 0.6 is 0 Å². The molecule has 8 heteroatoms. The van der Waals surface area contributed by atoms with E-state index in [4.69, 9.17) is 9.47 Å². The van der Waals surface area contributed by atoms with E-state index in [0.717, 1.165) is 24.0 Å². The topological polar surface area (TPSA) is 84.9 Å². The quantitative estimate of drug-likeness (QED) is 0.473. The lowest BCUT2D eigenvalue weighted by molar-refractivity contribution is -0.125. The first-order valence-corrected chi connectivity index (χ1v) is 13.4. The van der Waals surface area contributed by atoms with E-state index < -0.39 is 16.1 Å². The number of hydrogen-bond acceptors (Lipinski definition) is 5. The van der Waals surface area contributed by atoms with Gasteiger partial charge in [-0.05, 0) is 55.0 Å². The van der Waals surface area contributed by atoms with Crippen LogP contribution in [-0.4, -0.2) is 44.9 Å². The van der Waals surface area contributed by atoms with E-state index in [1.807, 2.05) is 49.4 Å². The van der Waals surface area contributed by atoms with Crippen molar-refractivity contribution in [3.63, 3.8) is 0 Å². The summed E-state index contributed by atoms with van der Waals surface area (Å²) < 4.78 is 39.5. The highest BCUT2D eigenvalue weighted by Crippen LogP contribution is 2.34. The number of ether oxygens (including phenoxy) is 2. The van der Waals surface area contributed by atoms with Gasteiger partial charge in [0.1, 0.15) is 6.04 Å². The molecular weight excluding hydrogens is 476 g/mol. The fourth-order valence-corrected chi connectivity index (χ4v) is 6.11. The number of fused-ring (bicyclic) bond motifs is 1. The second kappa shape index (κ2) is 11.1. The molecule has 3 aromatic rings. The summed E-state index contributed by atoms with van der Waals surface area (Å²) in [6.07, 6.45) is 1.88.